The van der Waals surface area contributed by atoms with Gasteiger partial charge in [-0.15, -0.1) is 11.3 Å². The number of anilines is 1. The summed E-state index contributed by atoms with van der Waals surface area (Å²) < 4.78 is 6.21. The van der Waals surface area contributed by atoms with Crippen LogP contribution < -0.4 is 15.4 Å². The standard InChI is InChI=1S/C23H20BrN3O2S2/c1-12-7-8-15-17(11-25)22(31-18(15)9-12)27-23(30)26-21(28)16-10-13-5-3-4-6-14(13)19(24)20(16)29-2/h3-6,10,12H,7-9H2,1-2H3,(H2,26,27,28,30)/t12-/m1/s1. The second-order valence-electron chi connectivity index (χ2n) is 7.57. The molecule has 1 aromatic heterocycles. The monoisotopic (exact) mass is 513 g/mol. The van der Waals surface area contributed by atoms with Crippen molar-refractivity contribution >= 4 is 66.3 Å². The van der Waals surface area contributed by atoms with Gasteiger partial charge >= 0.3 is 0 Å². The van der Waals surface area contributed by atoms with Crippen molar-refractivity contribution in [1.29, 1.82) is 5.26 Å². The number of thiophene rings is 1. The molecule has 2 aromatic carbocycles. The van der Waals surface area contributed by atoms with Crippen LogP contribution in [-0.2, 0) is 12.8 Å². The van der Waals surface area contributed by atoms with Gasteiger partial charge in [-0.25, -0.2) is 0 Å². The van der Waals surface area contributed by atoms with Gasteiger partial charge in [0.1, 0.15) is 16.8 Å². The zero-order valence-electron chi connectivity index (χ0n) is 17.0. The van der Waals surface area contributed by atoms with Crippen molar-refractivity contribution in [2.45, 2.75) is 26.2 Å². The Kier molecular flexibility index (Phi) is 6.28. The summed E-state index contributed by atoms with van der Waals surface area (Å²) >= 11 is 10.5. The van der Waals surface area contributed by atoms with Crippen molar-refractivity contribution in [1.82, 2.24) is 5.32 Å². The van der Waals surface area contributed by atoms with E-state index in [0.29, 0.717) is 32.3 Å². The quantitative estimate of drug-likeness (QED) is 0.433. The van der Waals surface area contributed by atoms with Crippen LogP contribution in [0.5, 0.6) is 5.75 Å². The maximum Gasteiger partial charge on any atom is 0.261 e. The fourth-order valence-corrected chi connectivity index (χ4v) is 6.28. The largest absolute Gasteiger partial charge is 0.495 e. The van der Waals surface area contributed by atoms with Crippen LogP contribution in [0.3, 0.4) is 0 Å². The van der Waals surface area contributed by atoms with Crippen molar-refractivity contribution in [3.8, 4) is 11.8 Å². The Balaban J connectivity index is 1.58. The van der Waals surface area contributed by atoms with Gasteiger partial charge in [-0.05, 0) is 75.7 Å². The molecular formula is C23H20BrN3O2S2. The number of amides is 1. The smallest absolute Gasteiger partial charge is 0.261 e. The lowest BCUT2D eigenvalue weighted by molar-refractivity contribution is 0.0975. The van der Waals surface area contributed by atoms with E-state index >= 15 is 0 Å². The fourth-order valence-electron chi connectivity index (χ4n) is 3.91. The van der Waals surface area contributed by atoms with E-state index in [0.717, 1.165) is 35.6 Å². The number of methoxy groups -OCH3 is 1. The molecule has 0 saturated heterocycles. The summed E-state index contributed by atoms with van der Waals surface area (Å²) in [4.78, 5) is 14.2. The summed E-state index contributed by atoms with van der Waals surface area (Å²) in [5.74, 6) is 0.669. The van der Waals surface area contributed by atoms with Gasteiger partial charge in [-0.1, -0.05) is 31.2 Å². The van der Waals surface area contributed by atoms with Crippen molar-refractivity contribution in [3.63, 3.8) is 0 Å². The van der Waals surface area contributed by atoms with Crippen LogP contribution in [0.1, 0.15) is 39.7 Å². The first kappa shape index (κ1) is 21.8. The van der Waals surface area contributed by atoms with E-state index in [1.54, 1.807) is 17.4 Å². The van der Waals surface area contributed by atoms with E-state index in [9.17, 15) is 10.1 Å². The predicted octanol–water partition coefficient (Wildman–Crippen LogP) is 5.80. The zero-order chi connectivity index (χ0) is 22.1. The Morgan fingerprint density at radius 2 is 2.16 bits per heavy atom. The second kappa shape index (κ2) is 8.95. The van der Waals surface area contributed by atoms with Crippen LogP contribution in [0, 0.1) is 17.2 Å². The average molecular weight is 514 g/mol. The molecule has 2 N–H and O–H groups in total. The maximum absolute atomic E-state index is 13.0. The van der Waals surface area contributed by atoms with Gasteiger partial charge in [0.05, 0.1) is 22.7 Å². The number of rotatable bonds is 3. The van der Waals surface area contributed by atoms with Crippen LogP contribution in [0.4, 0.5) is 5.00 Å². The molecule has 4 rings (SSSR count). The van der Waals surface area contributed by atoms with E-state index < -0.39 is 0 Å². The lowest BCUT2D eigenvalue weighted by atomic mass is 9.89. The summed E-state index contributed by atoms with van der Waals surface area (Å²) in [5, 5.41) is 18.2. The van der Waals surface area contributed by atoms with Crippen molar-refractivity contribution < 1.29 is 9.53 Å². The minimum atomic E-state index is -0.380. The van der Waals surface area contributed by atoms with Gasteiger partial charge in [0.15, 0.2) is 5.11 Å². The molecule has 5 nitrogen and oxygen atoms in total. The van der Waals surface area contributed by atoms with Crippen molar-refractivity contribution in [2.24, 2.45) is 5.92 Å². The molecule has 8 heteroatoms. The van der Waals surface area contributed by atoms with Crippen LogP contribution in [0.2, 0.25) is 0 Å². The summed E-state index contributed by atoms with van der Waals surface area (Å²) in [6.07, 6.45) is 2.95. The fraction of sp³-hybridized carbons (Fsp3) is 0.261. The SMILES string of the molecule is COc1c(C(=O)NC(=S)Nc2sc3c(c2C#N)CC[C@@H](C)C3)cc2ccccc2c1Br. The highest BCUT2D eigenvalue weighted by molar-refractivity contribution is 9.10. The molecule has 3 aromatic rings. The Morgan fingerprint density at radius 1 is 1.39 bits per heavy atom. The molecule has 0 bridgehead atoms. The van der Waals surface area contributed by atoms with E-state index in [4.69, 9.17) is 17.0 Å². The normalized spacial score (nSPS) is 15.1. The third kappa shape index (κ3) is 4.18. The van der Waals surface area contributed by atoms with Gasteiger partial charge in [-0.3, -0.25) is 10.1 Å². The summed E-state index contributed by atoms with van der Waals surface area (Å²) in [7, 11) is 1.53. The number of halogens is 1. The number of hydrogen-bond acceptors (Lipinski definition) is 5. The average Bonchev–Trinajstić information content (AvgIpc) is 3.09. The number of ether oxygens (including phenoxy) is 1. The summed E-state index contributed by atoms with van der Waals surface area (Å²) in [6.45, 7) is 2.22. The van der Waals surface area contributed by atoms with Crippen LogP contribution in [0.15, 0.2) is 34.8 Å². The molecule has 0 fully saturated rings. The molecule has 1 amide bonds. The molecule has 0 spiro atoms. The third-order valence-electron chi connectivity index (χ3n) is 5.47. The van der Waals surface area contributed by atoms with Crippen LogP contribution in [-0.4, -0.2) is 18.1 Å². The molecule has 158 valence electrons. The van der Waals surface area contributed by atoms with Crippen LogP contribution >= 0.6 is 39.5 Å². The topological polar surface area (TPSA) is 74.2 Å². The first-order valence-electron chi connectivity index (χ1n) is 9.85. The first-order chi connectivity index (χ1) is 14.9. The number of carbonyl (C=O) groups is 1. The molecule has 1 heterocycles. The Hall–Kier alpha value is -2.47. The highest BCUT2D eigenvalue weighted by atomic mass is 79.9. The van der Waals surface area contributed by atoms with Crippen molar-refractivity contribution in [2.75, 3.05) is 12.4 Å². The Morgan fingerprint density at radius 3 is 2.90 bits per heavy atom. The number of fused-ring (bicyclic) bond motifs is 2. The number of nitrogens with zero attached hydrogens (tertiary/aromatic N) is 1. The summed E-state index contributed by atoms with van der Waals surface area (Å²) in [5.41, 5.74) is 2.12. The lowest BCUT2D eigenvalue weighted by Crippen LogP contribution is -2.34. The molecule has 0 unspecified atom stereocenters. The highest BCUT2D eigenvalue weighted by Crippen LogP contribution is 2.39. The predicted molar refractivity (Wildman–Crippen MR) is 132 cm³/mol. The molecular weight excluding hydrogens is 494 g/mol. The minimum absolute atomic E-state index is 0.152. The second-order valence-corrected chi connectivity index (χ2v) is 9.87. The number of hydrogen-bond donors (Lipinski definition) is 2. The summed E-state index contributed by atoms with van der Waals surface area (Å²) in [6, 6.07) is 11.8. The molecule has 1 atom stereocenters. The number of thiocarbonyl (C=S) groups is 1. The minimum Gasteiger partial charge on any atom is -0.495 e. The zero-order valence-corrected chi connectivity index (χ0v) is 20.3. The van der Waals surface area contributed by atoms with Crippen LogP contribution in [0.25, 0.3) is 10.8 Å². The number of benzene rings is 2. The Bertz CT molecular complexity index is 1250. The van der Waals surface area contributed by atoms with Gasteiger partial charge in [-0.2, -0.15) is 5.26 Å². The maximum atomic E-state index is 13.0. The Labute approximate surface area is 198 Å². The van der Waals surface area contributed by atoms with Gasteiger partial charge in [0.2, 0.25) is 0 Å². The lowest BCUT2D eigenvalue weighted by Gasteiger charge is -2.17. The third-order valence-corrected chi connectivity index (χ3v) is 7.63. The van der Waals surface area contributed by atoms with E-state index in [1.807, 2.05) is 24.3 Å². The van der Waals surface area contributed by atoms with E-state index in [1.165, 1.54) is 12.0 Å². The number of nitriles is 1. The van der Waals surface area contributed by atoms with E-state index in [-0.39, 0.29) is 11.0 Å². The molecule has 31 heavy (non-hydrogen) atoms. The number of nitrogens with one attached hydrogen (secondary N) is 2. The highest BCUT2D eigenvalue weighted by Gasteiger charge is 2.25. The molecule has 1 aliphatic carbocycles. The first-order valence-corrected chi connectivity index (χ1v) is 11.9. The molecule has 0 aliphatic heterocycles. The number of carbonyl (C=O) groups excluding carboxylic acids is 1. The van der Waals surface area contributed by atoms with Gasteiger partial charge < -0.3 is 10.1 Å². The molecule has 1 aliphatic rings. The molecule has 0 radical (unpaired) electrons. The van der Waals surface area contributed by atoms with Gasteiger partial charge in [0, 0.05) is 4.88 Å². The van der Waals surface area contributed by atoms with E-state index in [2.05, 4.69) is 39.6 Å². The van der Waals surface area contributed by atoms with Crippen molar-refractivity contribution in [3.05, 3.63) is 56.4 Å². The molecule has 0 saturated carbocycles. The van der Waals surface area contributed by atoms with Gasteiger partial charge in [0.25, 0.3) is 5.91 Å².